The van der Waals surface area contributed by atoms with Crippen LogP contribution in [0.2, 0.25) is 0 Å². The van der Waals surface area contributed by atoms with E-state index in [1.165, 1.54) is 0 Å². The van der Waals surface area contributed by atoms with Crippen molar-refractivity contribution in [2.45, 2.75) is 31.5 Å². The van der Waals surface area contributed by atoms with E-state index in [-0.39, 0.29) is 12.7 Å². The normalized spacial score (nSPS) is 20.5. The molecule has 2 N–H and O–H groups in total. The average Bonchev–Trinajstić information content (AvgIpc) is 2.61. The Morgan fingerprint density at radius 1 is 1.19 bits per heavy atom. The maximum absolute atomic E-state index is 10.6. The van der Waals surface area contributed by atoms with E-state index in [4.69, 9.17) is 4.74 Å². The fraction of sp³-hybridized carbons (Fsp3) is 0.429. The number of rotatable bonds is 6. The van der Waals surface area contributed by atoms with Crippen molar-refractivity contribution in [2.24, 2.45) is 0 Å². The Bertz CT molecular complexity index is 717. The van der Waals surface area contributed by atoms with Gasteiger partial charge in [-0.25, -0.2) is 0 Å². The zero-order chi connectivity index (χ0) is 18.6. The predicted octanol–water partition coefficient (Wildman–Crippen LogP) is 3.70. The monoisotopic (exact) mass is 419 g/mol. The molecule has 0 bridgehead atoms. The Morgan fingerprint density at radius 2 is 1.92 bits per heavy atom. The van der Waals surface area contributed by atoms with E-state index in [2.05, 4.69) is 26.9 Å². The molecule has 4 nitrogen and oxygen atoms in total. The molecule has 2 aromatic carbocycles. The smallest absolute Gasteiger partial charge is 0.119 e. The Hall–Kier alpha value is -1.40. The molecule has 1 aliphatic heterocycles. The van der Waals surface area contributed by atoms with Crippen LogP contribution in [0.25, 0.3) is 11.1 Å². The molecule has 0 aromatic heterocycles. The van der Waals surface area contributed by atoms with Crippen LogP contribution in [0.4, 0.5) is 0 Å². The first-order valence-corrected chi connectivity index (χ1v) is 9.83. The molecule has 1 heterocycles. The molecule has 0 amide bonds. The molecular weight excluding hydrogens is 394 g/mol. The summed E-state index contributed by atoms with van der Waals surface area (Å²) in [5.41, 5.74) is 1.28. The highest BCUT2D eigenvalue weighted by atomic mass is 79.9. The van der Waals surface area contributed by atoms with E-state index >= 15 is 0 Å². The molecule has 1 fully saturated rings. The Kier molecular flexibility index (Phi) is 6.35. The third kappa shape index (κ3) is 5.30. The molecule has 2 unspecified atom stereocenters. The van der Waals surface area contributed by atoms with Crippen LogP contribution in [0.3, 0.4) is 0 Å². The van der Waals surface area contributed by atoms with Gasteiger partial charge in [-0.1, -0.05) is 46.3 Å². The van der Waals surface area contributed by atoms with E-state index in [0.29, 0.717) is 13.1 Å². The molecule has 0 saturated carbocycles. The van der Waals surface area contributed by atoms with Gasteiger partial charge in [0.1, 0.15) is 18.0 Å². The maximum Gasteiger partial charge on any atom is 0.119 e. The summed E-state index contributed by atoms with van der Waals surface area (Å²) in [5.74, 6) is 0.736. The zero-order valence-corrected chi connectivity index (χ0v) is 16.7. The van der Waals surface area contributed by atoms with E-state index in [1.807, 2.05) is 42.5 Å². The molecule has 0 spiro atoms. The first-order chi connectivity index (χ1) is 12.4. The summed E-state index contributed by atoms with van der Waals surface area (Å²) >= 11 is 3.57. The average molecular weight is 420 g/mol. The highest BCUT2D eigenvalue weighted by molar-refractivity contribution is 9.10. The summed E-state index contributed by atoms with van der Waals surface area (Å²) in [6.45, 7) is 4.03. The van der Waals surface area contributed by atoms with Crippen LogP contribution in [0.5, 0.6) is 5.75 Å². The first kappa shape index (κ1) is 19.4. The van der Waals surface area contributed by atoms with Crippen molar-refractivity contribution < 1.29 is 14.9 Å². The number of aliphatic hydroxyl groups is 2. The summed E-state index contributed by atoms with van der Waals surface area (Å²) in [6, 6.07) is 16.0. The number of piperidine rings is 1. The largest absolute Gasteiger partial charge is 0.491 e. The SMILES string of the molecule is CC(O)(COc1ccc(-c2ccccc2Br)cc1)CN1CCCC(O)C1. The second kappa shape index (κ2) is 8.53. The van der Waals surface area contributed by atoms with Gasteiger partial charge in [-0.15, -0.1) is 0 Å². The number of β-amino-alcohol motifs (C(OH)–C–C–N with tert-alkyl or cyclic N) is 2. The number of benzene rings is 2. The van der Waals surface area contributed by atoms with Gasteiger partial charge in [0, 0.05) is 17.6 Å². The second-order valence-electron chi connectivity index (χ2n) is 7.32. The van der Waals surface area contributed by atoms with Gasteiger partial charge >= 0.3 is 0 Å². The minimum Gasteiger partial charge on any atom is -0.491 e. The number of hydrogen-bond acceptors (Lipinski definition) is 4. The summed E-state index contributed by atoms with van der Waals surface area (Å²) in [7, 11) is 0. The molecule has 1 saturated heterocycles. The van der Waals surface area contributed by atoms with E-state index < -0.39 is 5.60 Å². The third-order valence-electron chi connectivity index (χ3n) is 4.63. The molecule has 140 valence electrons. The van der Waals surface area contributed by atoms with Gasteiger partial charge < -0.3 is 14.9 Å². The molecule has 0 aliphatic carbocycles. The van der Waals surface area contributed by atoms with Gasteiger partial charge in [-0.2, -0.15) is 0 Å². The quantitative estimate of drug-likeness (QED) is 0.749. The lowest BCUT2D eigenvalue weighted by Gasteiger charge is -2.35. The van der Waals surface area contributed by atoms with E-state index in [0.717, 1.165) is 40.7 Å². The van der Waals surface area contributed by atoms with Crippen LogP contribution in [0.15, 0.2) is 53.0 Å². The van der Waals surface area contributed by atoms with Gasteiger partial charge in [0.15, 0.2) is 0 Å². The van der Waals surface area contributed by atoms with Crippen molar-refractivity contribution in [3.8, 4) is 16.9 Å². The van der Waals surface area contributed by atoms with Gasteiger partial charge in [0.05, 0.1) is 6.10 Å². The van der Waals surface area contributed by atoms with Gasteiger partial charge in [-0.3, -0.25) is 4.90 Å². The molecule has 0 radical (unpaired) electrons. The maximum atomic E-state index is 10.6. The van der Waals surface area contributed by atoms with Crippen molar-refractivity contribution >= 4 is 15.9 Å². The fourth-order valence-electron chi connectivity index (χ4n) is 3.37. The van der Waals surface area contributed by atoms with E-state index in [9.17, 15) is 10.2 Å². The second-order valence-corrected chi connectivity index (χ2v) is 8.18. The summed E-state index contributed by atoms with van der Waals surface area (Å²) in [4.78, 5) is 2.10. The highest BCUT2D eigenvalue weighted by Gasteiger charge is 2.28. The molecule has 3 rings (SSSR count). The number of ether oxygens (including phenoxy) is 1. The van der Waals surface area contributed by atoms with Crippen molar-refractivity contribution in [1.82, 2.24) is 4.90 Å². The lowest BCUT2D eigenvalue weighted by Crippen LogP contribution is -2.49. The molecular formula is C21H26BrNO3. The predicted molar refractivity (Wildman–Crippen MR) is 107 cm³/mol. The first-order valence-electron chi connectivity index (χ1n) is 9.03. The van der Waals surface area contributed by atoms with Gasteiger partial charge in [0.25, 0.3) is 0 Å². The molecule has 2 atom stereocenters. The van der Waals surface area contributed by atoms with Crippen molar-refractivity contribution in [1.29, 1.82) is 0 Å². The lowest BCUT2D eigenvalue weighted by atomic mass is 10.0. The molecule has 26 heavy (non-hydrogen) atoms. The van der Waals surface area contributed by atoms with Crippen LogP contribution >= 0.6 is 15.9 Å². The summed E-state index contributed by atoms with van der Waals surface area (Å²) < 4.78 is 6.87. The molecule has 2 aromatic rings. The van der Waals surface area contributed by atoms with Gasteiger partial charge in [0.2, 0.25) is 0 Å². The Morgan fingerprint density at radius 3 is 2.62 bits per heavy atom. The van der Waals surface area contributed by atoms with E-state index in [1.54, 1.807) is 6.92 Å². The topological polar surface area (TPSA) is 52.9 Å². The van der Waals surface area contributed by atoms with Crippen LogP contribution in [0.1, 0.15) is 19.8 Å². The molecule has 5 heteroatoms. The Balaban J connectivity index is 1.56. The number of aliphatic hydroxyl groups excluding tert-OH is 1. The summed E-state index contributed by atoms with van der Waals surface area (Å²) in [6.07, 6.45) is 1.53. The number of hydrogen-bond donors (Lipinski definition) is 2. The third-order valence-corrected chi connectivity index (χ3v) is 5.33. The summed E-state index contributed by atoms with van der Waals surface area (Å²) in [5, 5.41) is 20.4. The zero-order valence-electron chi connectivity index (χ0n) is 15.1. The minimum absolute atomic E-state index is 0.216. The van der Waals surface area contributed by atoms with Crippen LogP contribution in [-0.2, 0) is 0 Å². The standard InChI is InChI=1S/C21H26BrNO3/c1-21(25,14-23-12-4-5-17(24)13-23)15-26-18-10-8-16(9-11-18)19-6-2-3-7-20(19)22/h2-3,6-11,17,24-25H,4-5,12-15H2,1H3. The van der Waals surface area contributed by atoms with Crippen LogP contribution in [0, 0.1) is 0 Å². The number of likely N-dealkylation sites (tertiary alicyclic amines) is 1. The number of halogens is 1. The minimum atomic E-state index is -0.960. The fourth-order valence-corrected chi connectivity index (χ4v) is 3.88. The Labute approximate surface area is 163 Å². The van der Waals surface area contributed by atoms with Crippen molar-refractivity contribution in [3.05, 3.63) is 53.0 Å². The van der Waals surface area contributed by atoms with Crippen LogP contribution in [-0.4, -0.2) is 53.1 Å². The lowest BCUT2D eigenvalue weighted by molar-refractivity contribution is -0.0350. The molecule has 1 aliphatic rings. The van der Waals surface area contributed by atoms with Crippen LogP contribution < -0.4 is 4.74 Å². The number of nitrogens with zero attached hydrogens (tertiary/aromatic N) is 1. The van der Waals surface area contributed by atoms with Gasteiger partial charge in [-0.05, 0) is 55.6 Å². The van der Waals surface area contributed by atoms with Crippen molar-refractivity contribution in [3.63, 3.8) is 0 Å². The highest BCUT2D eigenvalue weighted by Crippen LogP contribution is 2.29. The van der Waals surface area contributed by atoms with Crippen molar-refractivity contribution in [2.75, 3.05) is 26.2 Å².